The van der Waals surface area contributed by atoms with Gasteiger partial charge in [-0.2, -0.15) is 0 Å². The quantitative estimate of drug-likeness (QED) is 0.791. The van der Waals surface area contributed by atoms with Gasteiger partial charge in [-0.25, -0.2) is 0 Å². The van der Waals surface area contributed by atoms with Crippen LogP contribution in [0.3, 0.4) is 0 Å². The molecule has 0 spiro atoms. The van der Waals surface area contributed by atoms with Gasteiger partial charge < -0.3 is 5.32 Å². The lowest BCUT2D eigenvalue weighted by Crippen LogP contribution is -1.89. The molecule has 0 bridgehead atoms. The molecular weight excluding hydrogens is 242 g/mol. The zero-order chi connectivity index (χ0) is 13.2. The lowest BCUT2D eigenvalue weighted by molar-refractivity contribution is 1.02. The third-order valence-corrected chi connectivity index (χ3v) is 2.39. The van der Waals surface area contributed by atoms with Gasteiger partial charge in [0.25, 0.3) is 0 Å². The molecule has 0 radical (unpaired) electrons. The summed E-state index contributed by atoms with van der Waals surface area (Å²) in [5.41, 5.74) is 2.36. The van der Waals surface area contributed by atoms with Crippen molar-refractivity contribution in [1.82, 2.24) is 5.32 Å². The van der Waals surface area contributed by atoms with Crippen molar-refractivity contribution in [3.63, 3.8) is 0 Å². The van der Waals surface area contributed by atoms with Gasteiger partial charge in [-0.05, 0) is 37.4 Å². The first-order chi connectivity index (χ1) is 8.76. The van der Waals surface area contributed by atoms with Crippen LogP contribution in [0.25, 0.3) is 12.2 Å². The predicted molar refractivity (Wildman–Crippen MR) is 81.8 cm³/mol. The number of hydrogen-bond acceptors (Lipinski definition) is 1. The third-order valence-electron chi connectivity index (χ3n) is 2.14. The van der Waals surface area contributed by atoms with Gasteiger partial charge in [-0.3, -0.25) is 0 Å². The van der Waals surface area contributed by atoms with E-state index in [1.165, 1.54) is 5.56 Å². The minimum atomic E-state index is 0.770. The van der Waals surface area contributed by atoms with E-state index in [0.29, 0.717) is 0 Å². The standard InChI is InChI=1S/C14H11Cl.C2H7N/c15-14-10-8-13(9-11-14)7-6-12-4-2-1-3-5-12;1-3-2/h1-11H;3H,1-2H3. The van der Waals surface area contributed by atoms with Crippen LogP contribution in [-0.2, 0) is 0 Å². The van der Waals surface area contributed by atoms with Crippen LogP contribution in [0.15, 0.2) is 54.6 Å². The highest BCUT2D eigenvalue weighted by Crippen LogP contribution is 2.12. The monoisotopic (exact) mass is 259 g/mol. The van der Waals surface area contributed by atoms with Crippen molar-refractivity contribution in [2.75, 3.05) is 14.1 Å². The van der Waals surface area contributed by atoms with E-state index in [-0.39, 0.29) is 0 Å². The Hall–Kier alpha value is -1.57. The Morgan fingerprint density at radius 2 is 1.22 bits per heavy atom. The third kappa shape index (κ3) is 5.67. The maximum atomic E-state index is 5.80. The fourth-order valence-electron chi connectivity index (χ4n) is 1.33. The van der Waals surface area contributed by atoms with Gasteiger partial charge in [0.1, 0.15) is 0 Å². The summed E-state index contributed by atoms with van der Waals surface area (Å²) in [4.78, 5) is 0. The van der Waals surface area contributed by atoms with E-state index in [1.54, 1.807) is 0 Å². The van der Waals surface area contributed by atoms with Gasteiger partial charge in [0.15, 0.2) is 0 Å². The molecule has 1 nitrogen and oxygen atoms in total. The molecule has 0 unspecified atom stereocenters. The molecule has 0 amide bonds. The van der Waals surface area contributed by atoms with Crippen LogP contribution >= 0.6 is 11.6 Å². The summed E-state index contributed by atoms with van der Waals surface area (Å²) >= 11 is 5.80. The van der Waals surface area contributed by atoms with Crippen molar-refractivity contribution in [3.05, 3.63) is 70.7 Å². The second-order valence-electron chi connectivity index (χ2n) is 3.80. The van der Waals surface area contributed by atoms with Gasteiger partial charge in [0.05, 0.1) is 0 Å². The van der Waals surface area contributed by atoms with E-state index >= 15 is 0 Å². The highest BCUT2D eigenvalue weighted by atomic mass is 35.5. The molecule has 2 aromatic rings. The topological polar surface area (TPSA) is 12.0 Å². The molecule has 94 valence electrons. The van der Waals surface area contributed by atoms with Crippen LogP contribution in [0, 0.1) is 0 Å². The summed E-state index contributed by atoms with van der Waals surface area (Å²) < 4.78 is 0. The first-order valence-corrected chi connectivity index (χ1v) is 6.21. The molecule has 2 aromatic carbocycles. The van der Waals surface area contributed by atoms with E-state index in [0.717, 1.165) is 10.6 Å². The molecular formula is C16H18ClN. The van der Waals surface area contributed by atoms with Gasteiger partial charge in [-0.15, -0.1) is 0 Å². The Labute approximate surface area is 114 Å². The highest BCUT2D eigenvalue weighted by molar-refractivity contribution is 6.30. The van der Waals surface area contributed by atoms with Crippen LogP contribution in [0.5, 0.6) is 0 Å². The lowest BCUT2D eigenvalue weighted by Gasteiger charge is -1.94. The van der Waals surface area contributed by atoms with Crippen LogP contribution in [-0.4, -0.2) is 14.1 Å². The first kappa shape index (κ1) is 14.5. The molecule has 0 fully saturated rings. The van der Waals surface area contributed by atoms with Crippen LogP contribution in [0.4, 0.5) is 0 Å². The molecule has 0 atom stereocenters. The molecule has 0 aliphatic carbocycles. The molecule has 0 aliphatic heterocycles. The van der Waals surface area contributed by atoms with Crippen LogP contribution in [0.2, 0.25) is 5.02 Å². The van der Waals surface area contributed by atoms with Gasteiger partial charge in [0, 0.05) is 5.02 Å². The maximum Gasteiger partial charge on any atom is 0.0406 e. The van der Waals surface area contributed by atoms with Crippen molar-refractivity contribution >= 4 is 23.8 Å². The zero-order valence-electron chi connectivity index (χ0n) is 10.7. The Balaban J connectivity index is 0.000000492. The molecule has 0 aromatic heterocycles. The fourth-order valence-corrected chi connectivity index (χ4v) is 1.46. The lowest BCUT2D eigenvalue weighted by atomic mass is 10.1. The number of nitrogens with one attached hydrogen (secondary N) is 1. The molecule has 0 heterocycles. The van der Waals surface area contributed by atoms with Crippen molar-refractivity contribution < 1.29 is 0 Å². The molecule has 0 saturated carbocycles. The van der Waals surface area contributed by atoms with Crippen molar-refractivity contribution in [3.8, 4) is 0 Å². The van der Waals surface area contributed by atoms with E-state index in [1.807, 2.05) is 56.6 Å². The van der Waals surface area contributed by atoms with Crippen molar-refractivity contribution in [2.24, 2.45) is 0 Å². The van der Waals surface area contributed by atoms with Crippen LogP contribution in [0.1, 0.15) is 11.1 Å². The Bertz CT molecular complexity index is 460. The Morgan fingerprint density at radius 1 is 0.778 bits per heavy atom. The summed E-state index contributed by atoms with van der Waals surface area (Å²) in [6.07, 6.45) is 4.16. The number of benzene rings is 2. The second-order valence-corrected chi connectivity index (χ2v) is 4.23. The minimum absolute atomic E-state index is 0.770. The van der Waals surface area contributed by atoms with Crippen molar-refractivity contribution in [1.29, 1.82) is 0 Å². The first-order valence-electron chi connectivity index (χ1n) is 5.83. The fraction of sp³-hybridized carbons (Fsp3) is 0.125. The Kier molecular flexibility index (Phi) is 6.85. The minimum Gasteiger partial charge on any atom is -0.323 e. The number of halogens is 1. The smallest absolute Gasteiger partial charge is 0.0406 e. The molecule has 18 heavy (non-hydrogen) atoms. The average molecular weight is 260 g/mol. The summed E-state index contributed by atoms with van der Waals surface area (Å²) in [5, 5.41) is 3.52. The largest absolute Gasteiger partial charge is 0.323 e. The van der Waals surface area contributed by atoms with Gasteiger partial charge >= 0.3 is 0 Å². The summed E-state index contributed by atoms with van der Waals surface area (Å²) in [7, 11) is 3.75. The maximum absolute atomic E-state index is 5.80. The van der Waals surface area contributed by atoms with E-state index in [9.17, 15) is 0 Å². The number of rotatable bonds is 2. The van der Waals surface area contributed by atoms with Gasteiger partial charge in [0.2, 0.25) is 0 Å². The zero-order valence-corrected chi connectivity index (χ0v) is 11.5. The van der Waals surface area contributed by atoms with Crippen LogP contribution < -0.4 is 5.32 Å². The van der Waals surface area contributed by atoms with E-state index in [2.05, 4.69) is 29.6 Å². The molecule has 2 heteroatoms. The SMILES string of the molecule is CNC.Clc1ccc(C=Cc2ccccc2)cc1. The molecule has 1 N–H and O–H groups in total. The van der Waals surface area contributed by atoms with Crippen molar-refractivity contribution in [2.45, 2.75) is 0 Å². The summed E-state index contributed by atoms with van der Waals surface area (Å²) in [6, 6.07) is 18.0. The molecule has 2 rings (SSSR count). The number of hydrogen-bond donors (Lipinski definition) is 1. The second kappa shape index (κ2) is 8.51. The van der Waals surface area contributed by atoms with Gasteiger partial charge in [-0.1, -0.05) is 66.2 Å². The summed E-state index contributed by atoms with van der Waals surface area (Å²) in [6.45, 7) is 0. The highest BCUT2D eigenvalue weighted by Gasteiger charge is 1.88. The summed E-state index contributed by atoms with van der Waals surface area (Å²) in [5.74, 6) is 0. The van der Waals surface area contributed by atoms with E-state index < -0.39 is 0 Å². The molecule has 0 aliphatic rings. The normalized spacial score (nSPS) is 9.94. The molecule has 0 saturated heterocycles. The Morgan fingerprint density at radius 3 is 1.72 bits per heavy atom. The predicted octanol–water partition coefficient (Wildman–Crippen LogP) is 4.35. The average Bonchev–Trinajstić information content (AvgIpc) is 2.40. The van der Waals surface area contributed by atoms with E-state index in [4.69, 9.17) is 11.6 Å².